The third-order valence-corrected chi connectivity index (χ3v) is 8.59. The van der Waals surface area contributed by atoms with Gasteiger partial charge in [-0.2, -0.15) is 0 Å². The van der Waals surface area contributed by atoms with Gasteiger partial charge < -0.3 is 20.1 Å². The van der Waals surface area contributed by atoms with Crippen LogP contribution in [0, 0.1) is 5.41 Å². The molecule has 1 spiro atoms. The molecule has 4 aliphatic rings. The third kappa shape index (κ3) is 3.78. The van der Waals surface area contributed by atoms with Crippen LogP contribution in [0.25, 0.3) is 11.1 Å². The van der Waals surface area contributed by atoms with Crippen LogP contribution in [0.5, 0.6) is 0 Å². The van der Waals surface area contributed by atoms with E-state index in [1.807, 2.05) is 17.0 Å². The molecule has 1 saturated carbocycles. The number of nitrogens with zero attached hydrogens (tertiary/aromatic N) is 1. The SMILES string of the molecule is O=C(O)C1CCNc2cc(-c3ccc([C@@H]4CC45CCN(C(=O)[C@H]4CCCO4)CC5)cc3)ccc21. The molecule has 2 saturated heterocycles. The van der Waals surface area contributed by atoms with Gasteiger partial charge in [0.15, 0.2) is 0 Å². The van der Waals surface area contributed by atoms with Crippen molar-refractivity contribution in [3.8, 4) is 11.1 Å². The molecule has 3 atom stereocenters. The second-order valence-corrected chi connectivity index (χ2v) is 10.5. The smallest absolute Gasteiger partial charge is 0.311 e. The number of hydrogen-bond acceptors (Lipinski definition) is 4. The Morgan fingerprint density at radius 1 is 1.03 bits per heavy atom. The first kappa shape index (κ1) is 21.7. The van der Waals surface area contributed by atoms with Crippen molar-refractivity contribution >= 4 is 17.6 Å². The van der Waals surface area contributed by atoms with Crippen LogP contribution in [0.15, 0.2) is 42.5 Å². The fourth-order valence-electron chi connectivity index (χ4n) is 6.38. The van der Waals surface area contributed by atoms with Gasteiger partial charge in [-0.05, 0) is 78.2 Å². The van der Waals surface area contributed by atoms with E-state index in [1.54, 1.807) is 0 Å². The van der Waals surface area contributed by atoms with Crippen LogP contribution in [-0.2, 0) is 14.3 Å². The van der Waals surface area contributed by atoms with E-state index in [9.17, 15) is 14.7 Å². The van der Waals surface area contributed by atoms with Crippen molar-refractivity contribution in [1.29, 1.82) is 0 Å². The Bertz CT molecular complexity index is 1100. The van der Waals surface area contributed by atoms with Crippen molar-refractivity contribution in [3.05, 3.63) is 53.6 Å². The fraction of sp³-hybridized carbons (Fsp3) is 0.500. The highest BCUT2D eigenvalue weighted by molar-refractivity contribution is 5.82. The van der Waals surface area contributed by atoms with Crippen molar-refractivity contribution in [3.63, 3.8) is 0 Å². The third-order valence-electron chi connectivity index (χ3n) is 8.59. The molecule has 2 N–H and O–H groups in total. The molecule has 1 amide bonds. The molecule has 6 rings (SSSR count). The number of piperidine rings is 1. The van der Waals surface area contributed by atoms with Gasteiger partial charge in [-0.1, -0.05) is 36.4 Å². The number of amides is 1. The molecule has 6 nitrogen and oxygen atoms in total. The lowest BCUT2D eigenvalue weighted by atomic mass is 9.87. The summed E-state index contributed by atoms with van der Waals surface area (Å²) in [5.74, 6) is -0.391. The van der Waals surface area contributed by atoms with Crippen LogP contribution >= 0.6 is 0 Å². The number of carboxylic acid groups (broad SMARTS) is 1. The standard InChI is InChI=1S/C28H32N2O4/c31-26(25-2-1-15-34-25)30-13-10-28(11-14-30)17-23(28)19-5-3-18(4-6-19)20-7-8-21-22(27(32)33)9-12-29-24(21)16-20/h3-8,16,22-23,25,29H,1-2,9-15,17H2,(H,32,33)/t22?,23-,25+/m0/s1. The number of hydrogen-bond donors (Lipinski definition) is 2. The van der Waals surface area contributed by atoms with Crippen molar-refractivity contribution in [2.45, 2.75) is 56.5 Å². The Hall–Kier alpha value is -2.86. The zero-order chi connectivity index (χ0) is 23.3. The number of fused-ring (bicyclic) bond motifs is 1. The lowest BCUT2D eigenvalue weighted by Gasteiger charge is -2.34. The molecule has 1 aliphatic carbocycles. The second kappa shape index (κ2) is 8.42. The minimum Gasteiger partial charge on any atom is -0.481 e. The summed E-state index contributed by atoms with van der Waals surface area (Å²) in [5.41, 5.74) is 5.82. The number of likely N-dealkylation sites (tertiary alicyclic amines) is 1. The number of nitrogens with one attached hydrogen (secondary N) is 1. The molecule has 2 aromatic rings. The van der Waals surface area contributed by atoms with Gasteiger partial charge in [-0.25, -0.2) is 0 Å². The second-order valence-electron chi connectivity index (χ2n) is 10.5. The Morgan fingerprint density at radius 3 is 2.50 bits per heavy atom. The molecule has 3 fully saturated rings. The first-order valence-electron chi connectivity index (χ1n) is 12.7. The van der Waals surface area contributed by atoms with Gasteiger partial charge in [0.2, 0.25) is 0 Å². The first-order valence-corrected chi connectivity index (χ1v) is 12.7. The van der Waals surface area contributed by atoms with E-state index in [-0.39, 0.29) is 12.0 Å². The summed E-state index contributed by atoms with van der Waals surface area (Å²) >= 11 is 0. The molecule has 3 aliphatic heterocycles. The average molecular weight is 461 g/mol. The van der Waals surface area contributed by atoms with Crippen LogP contribution in [0.3, 0.4) is 0 Å². The number of rotatable bonds is 4. The van der Waals surface area contributed by atoms with E-state index >= 15 is 0 Å². The molecule has 1 unspecified atom stereocenters. The van der Waals surface area contributed by atoms with Crippen LogP contribution in [0.4, 0.5) is 5.69 Å². The summed E-state index contributed by atoms with van der Waals surface area (Å²) in [7, 11) is 0. The zero-order valence-electron chi connectivity index (χ0n) is 19.5. The van der Waals surface area contributed by atoms with E-state index in [1.165, 1.54) is 12.0 Å². The largest absolute Gasteiger partial charge is 0.481 e. The molecule has 6 heteroatoms. The monoisotopic (exact) mass is 460 g/mol. The molecular weight excluding hydrogens is 428 g/mol. The highest BCUT2D eigenvalue weighted by Crippen LogP contribution is 2.65. The maximum Gasteiger partial charge on any atom is 0.311 e. The molecule has 0 bridgehead atoms. The van der Waals surface area contributed by atoms with Crippen LogP contribution in [0.2, 0.25) is 0 Å². The van der Waals surface area contributed by atoms with Crippen molar-refractivity contribution < 1.29 is 19.4 Å². The number of benzene rings is 2. The summed E-state index contributed by atoms with van der Waals surface area (Å²) in [6, 6.07) is 15.0. The fourth-order valence-corrected chi connectivity index (χ4v) is 6.38. The van der Waals surface area contributed by atoms with E-state index in [0.29, 0.717) is 24.3 Å². The van der Waals surface area contributed by atoms with Crippen molar-refractivity contribution in [2.75, 3.05) is 31.6 Å². The molecule has 34 heavy (non-hydrogen) atoms. The zero-order valence-corrected chi connectivity index (χ0v) is 19.5. The van der Waals surface area contributed by atoms with E-state index < -0.39 is 11.9 Å². The van der Waals surface area contributed by atoms with Gasteiger partial charge in [0, 0.05) is 31.9 Å². The highest BCUT2D eigenvalue weighted by atomic mass is 16.5. The summed E-state index contributed by atoms with van der Waals surface area (Å²) < 4.78 is 5.60. The maximum absolute atomic E-state index is 12.7. The number of carbonyl (C=O) groups excluding carboxylic acids is 1. The normalized spacial score (nSPS) is 27.2. The molecular formula is C28H32N2O4. The van der Waals surface area contributed by atoms with E-state index in [4.69, 9.17) is 4.74 Å². The van der Waals surface area contributed by atoms with Gasteiger partial charge in [-0.3, -0.25) is 9.59 Å². The quantitative estimate of drug-likeness (QED) is 0.697. The summed E-state index contributed by atoms with van der Waals surface area (Å²) in [6.07, 6.45) is 5.67. The van der Waals surface area contributed by atoms with Gasteiger partial charge in [0.25, 0.3) is 5.91 Å². The molecule has 0 aromatic heterocycles. The average Bonchev–Trinajstić information content (AvgIpc) is 3.28. The molecule has 2 aromatic carbocycles. The Kier molecular flexibility index (Phi) is 5.36. The van der Waals surface area contributed by atoms with Gasteiger partial charge in [0.1, 0.15) is 6.10 Å². The highest BCUT2D eigenvalue weighted by Gasteiger charge is 2.55. The lowest BCUT2D eigenvalue weighted by molar-refractivity contribution is -0.142. The summed E-state index contributed by atoms with van der Waals surface area (Å²) in [5, 5.41) is 12.9. The topological polar surface area (TPSA) is 78.9 Å². The summed E-state index contributed by atoms with van der Waals surface area (Å²) in [4.78, 5) is 26.3. The predicted octanol–water partition coefficient (Wildman–Crippen LogP) is 4.61. The number of carbonyl (C=O) groups is 2. The van der Waals surface area contributed by atoms with Crippen molar-refractivity contribution in [2.24, 2.45) is 5.41 Å². The Labute approximate surface area is 200 Å². The number of anilines is 1. The Morgan fingerprint density at radius 2 is 1.79 bits per heavy atom. The first-order chi connectivity index (χ1) is 16.5. The number of ether oxygens (including phenoxy) is 1. The Balaban J connectivity index is 1.11. The molecule has 178 valence electrons. The number of aliphatic carboxylic acids is 1. The van der Waals surface area contributed by atoms with E-state index in [0.717, 1.165) is 67.8 Å². The van der Waals surface area contributed by atoms with Crippen LogP contribution < -0.4 is 5.32 Å². The minimum atomic E-state index is -0.750. The lowest BCUT2D eigenvalue weighted by Crippen LogP contribution is -2.44. The maximum atomic E-state index is 12.7. The number of carboxylic acids is 1. The predicted molar refractivity (Wildman–Crippen MR) is 130 cm³/mol. The van der Waals surface area contributed by atoms with Gasteiger partial charge >= 0.3 is 5.97 Å². The van der Waals surface area contributed by atoms with Crippen LogP contribution in [0.1, 0.15) is 61.5 Å². The van der Waals surface area contributed by atoms with Gasteiger partial charge in [-0.15, -0.1) is 0 Å². The van der Waals surface area contributed by atoms with Crippen LogP contribution in [-0.4, -0.2) is 54.2 Å². The van der Waals surface area contributed by atoms with E-state index in [2.05, 4.69) is 35.6 Å². The van der Waals surface area contributed by atoms with Crippen molar-refractivity contribution in [1.82, 2.24) is 4.90 Å². The minimum absolute atomic E-state index is 0.197. The molecule has 3 heterocycles. The molecule has 0 radical (unpaired) electrons. The van der Waals surface area contributed by atoms with Gasteiger partial charge in [0.05, 0.1) is 5.92 Å². The summed E-state index contributed by atoms with van der Waals surface area (Å²) in [6.45, 7) is 3.11.